The summed E-state index contributed by atoms with van der Waals surface area (Å²) in [6.45, 7) is 4.17. The number of rotatable bonds is 2. The monoisotopic (exact) mass is 307 g/mol. The Bertz CT molecular complexity index is 667. The van der Waals surface area contributed by atoms with E-state index < -0.39 is 5.82 Å². The van der Waals surface area contributed by atoms with Crippen LogP contribution in [0, 0.1) is 17.7 Å². The van der Waals surface area contributed by atoms with Crippen LogP contribution in [0.1, 0.15) is 19.5 Å². The van der Waals surface area contributed by atoms with Gasteiger partial charge in [0.25, 0.3) is 0 Å². The fraction of sp³-hybridized carbons (Fsp3) is 0.429. The summed E-state index contributed by atoms with van der Waals surface area (Å²) in [5.74, 6) is -0.180. The van der Waals surface area contributed by atoms with Gasteiger partial charge in [-0.2, -0.15) is 5.10 Å². The van der Waals surface area contributed by atoms with Crippen LogP contribution in [0.3, 0.4) is 0 Å². The van der Waals surface area contributed by atoms with E-state index in [9.17, 15) is 4.39 Å². The van der Waals surface area contributed by atoms with Crippen LogP contribution in [0.5, 0.6) is 0 Å². The highest BCUT2D eigenvalue weighted by molar-refractivity contribution is 6.28. The number of hydrogen-bond acceptors (Lipinski definition) is 5. The second-order valence-corrected chi connectivity index (χ2v) is 5.77. The zero-order valence-electron chi connectivity index (χ0n) is 12.0. The van der Waals surface area contributed by atoms with Gasteiger partial charge in [0.15, 0.2) is 5.82 Å². The first-order valence-corrected chi connectivity index (χ1v) is 7.10. The van der Waals surface area contributed by atoms with Crippen LogP contribution in [0.15, 0.2) is 22.4 Å². The van der Waals surface area contributed by atoms with Crippen LogP contribution in [-0.4, -0.2) is 40.1 Å². The molecule has 110 valence electrons. The zero-order valence-corrected chi connectivity index (χ0v) is 12.7. The molecule has 0 amide bonds. The predicted molar refractivity (Wildman–Crippen MR) is 80.8 cm³/mol. The molecule has 2 unspecified atom stereocenters. The smallest absolute Gasteiger partial charge is 0.223 e. The first-order valence-electron chi connectivity index (χ1n) is 6.72. The van der Waals surface area contributed by atoms with Crippen LogP contribution in [0.25, 0.3) is 5.57 Å². The Balaban J connectivity index is 2.01. The van der Waals surface area contributed by atoms with Crippen LogP contribution in [-0.2, 0) is 0 Å². The van der Waals surface area contributed by atoms with Crippen LogP contribution >= 0.6 is 11.6 Å². The predicted octanol–water partition coefficient (Wildman–Crippen LogP) is 2.64. The Morgan fingerprint density at radius 1 is 1.38 bits per heavy atom. The Morgan fingerprint density at radius 3 is 2.86 bits per heavy atom. The molecule has 2 aliphatic rings. The summed E-state index contributed by atoms with van der Waals surface area (Å²) in [6.07, 6.45) is 4.59. The molecular formula is C14H15ClFN5. The van der Waals surface area contributed by atoms with Crippen LogP contribution < -0.4 is 0 Å². The largest absolute Gasteiger partial charge is 0.275 e. The number of allylic oxidation sites excluding steroid dienone is 1. The lowest BCUT2D eigenvalue weighted by atomic mass is 9.89. The van der Waals surface area contributed by atoms with E-state index in [0.29, 0.717) is 11.5 Å². The lowest BCUT2D eigenvalue weighted by Crippen LogP contribution is -2.31. The number of dihydropyridines is 1. The molecule has 0 aliphatic carbocycles. The molecule has 1 aromatic heterocycles. The maximum absolute atomic E-state index is 13.9. The molecule has 0 bridgehead atoms. The summed E-state index contributed by atoms with van der Waals surface area (Å²) in [5, 5.41) is 6.40. The Morgan fingerprint density at radius 2 is 2.14 bits per heavy atom. The molecule has 3 rings (SSSR count). The average molecular weight is 308 g/mol. The molecule has 0 N–H and O–H groups in total. The van der Waals surface area contributed by atoms with Gasteiger partial charge in [0.1, 0.15) is 11.9 Å². The molecule has 3 heterocycles. The molecule has 1 aromatic rings. The third kappa shape index (κ3) is 2.44. The highest BCUT2D eigenvalue weighted by atomic mass is 35.5. The molecule has 2 atom stereocenters. The van der Waals surface area contributed by atoms with Gasteiger partial charge in [-0.3, -0.25) is 10.0 Å². The van der Waals surface area contributed by atoms with E-state index in [1.54, 1.807) is 6.21 Å². The second-order valence-electron chi connectivity index (χ2n) is 5.43. The Labute approximate surface area is 127 Å². The van der Waals surface area contributed by atoms with E-state index in [1.165, 1.54) is 0 Å². The third-order valence-electron chi connectivity index (χ3n) is 3.62. The number of fused-ring (bicyclic) bond motifs is 1. The average Bonchev–Trinajstić information content (AvgIpc) is 2.78. The highest BCUT2D eigenvalue weighted by Gasteiger charge is 2.37. The van der Waals surface area contributed by atoms with Crippen LogP contribution in [0.2, 0.25) is 5.28 Å². The molecular weight excluding hydrogens is 293 g/mol. The summed E-state index contributed by atoms with van der Waals surface area (Å²) >= 11 is 5.76. The molecule has 0 fully saturated rings. The van der Waals surface area contributed by atoms with E-state index >= 15 is 0 Å². The molecule has 5 nitrogen and oxygen atoms in total. The number of aliphatic imine (C=N–C) groups is 1. The molecule has 0 spiro atoms. The van der Waals surface area contributed by atoms with Gasteiger partial charge in [0.05, 0.1) is 17.8 Å². The molecule has 2 aliphatic heterocycles. The molecule has 0 saturated heterocycles. The van der Waals surface area contributed by atoms with Gasteiger partial charge in [-0.1, -0.05) is 19.9 Å². The van der Waals surface area contributed by atoms with Gasteiger partial charge in [-0.15, -0.1) is 0 Å². The molecule has 21 heavy (non-hydrogen) atoms. The van der Waals surface area contributed by atoms with Crippen molar-refractivity contribution in [1.29, 1.82) is 0 Å². The minimum Gasteiger partial charge on any atom is -0.275 e. The Hall–Kier alpha value is -1.82. The summed E-state index contributed by atoms with van der Waals surface area (Å²) in [5.41, 5.74) is 1.83. The van der Waals surface area contributed by atoms with Crippen molar-refractivity contribution in [2.75, 3.05) is 7.05 Å². The zero-order chi connectivity index (χ0) is 15.1. The lowest BCUT2D eigenvalue weighted by molar-refractivity contribution is 0.271. The lowest BCUT2D eigenvalue weighted by Gasteiger charge is -2.24. The van der Waals surface area contributed by atoms with Gasteiger partial charge in [-0.05, 0) is 17.5 Å². The standard InChI is InChI=1S/C14H15ClFN5/c1-7(2)11-9-4-8(5-17-13(9)21(3)20-11)12-10(16)6-18-14(15)19-12/h4-7,9,13H,1-3H3. The number of halogens is 2. The number of hydrazone groups is 1. The van der Waals surface area contributed by atoms with E-state index in [4.69, 9.17) is 11.6 Å². The van der Waals surface area contributed by atoms with Crippen molar-refractivity contribution in [2.24, 2.45) is 21.9 Å². The van der Waals surface area contributed by atoms with Crippen molar-refractivity contribution < 1.29 is 4.39 Å². The maximum atomic E-state index is 13.9. The van der Waals surface area contributed by atoms with Crippen molar-refractivity contribution in [3.05, 3.63) is 29.1 Å². The number of aromatic nitrogens is 2. The van der Waals surface area contributed by atoms with Crippen molar-refractivity contribution in [3.63, 3.8) is 0 Å². The normalized spacial score (nSPS) is 24.2. The van der Waals surface area contributed by atoms with Crippen molar-refractivity contribution in [3.8, 4) is 0 Å². The van der Waals surface area contributed by atoms with E-state index in [1.807, 2.05) is 18.1 Å². The quantitative estimate of drug-likeness (QED) is 0.789. The summed E-state index contributed by atoms with van der Waals surface area (Å²) in [4.78, 5) is 12.1. The fourth-order valence-corrected chi connectivity index (χ4v) is 2.77. The minimum atomic E-state index is -0.509. The van der Waals surface area contributed by atoms with Gasteiger partial charge in [0, 0.05) is 18.8 Å². The summed E-state index contributed by atoms with van der Waals surface area (Å²) < 4.78 is 13.9. The fourth-order valence-electron chi connectivity index (χ4n) is 2.64. The molecule has 0 radical (unpaired) electrons. The summed E-state index contributed by atoms with van der Waals surface area (Å²) in [7, 11) is 1.89. The van der Waals surface area contributed by atoms with Gasteiger partial charge in [-0.25, -0.2) is 14.4 Å². The number of nitrogens with zero attached hydrogens (tertiary/aromatic N) is 5. The summed E-state index contributed by atoms with van der Waals surface area (Å²) in [6, 6.07) is 0. The Kier molecular flexibility index (Phi) is 3.49. The number of hydrogen-bond donors (Lipinski definition) is 0. The van der Waals surface area contributed by atoms with E-state index in [-0.39, 0.29) is 23.1 Å². The first kappa shape index (κ1) is 14.1. The highest BCUT2D eigenvalue weighted by Crippen LogP contribution is 2.32. The van der Waals surface area contributed by atoms with Crippen molar-refractivity contribution in [1.82, 2.24) is 15.0 Å². The second kappa shape index (κ2) is 5.18. The SMILES string of the molecule is CC(C)C1=NN(C)C2N=CC(c3nc(Cl)ncc3F)=CC12. The molecule has 7 heteroatoms. The van der Waals surface area contributed by atoms with Gasteiger partial charge in [0.2, 0.25) is 5.28 Å². The van der Waals surface area contributed by atoms with E-state index in [0.717, 1.165) is 11.9 Å². The molecule has 0 aromatic carbocycles. The van der Waals surface area contributed by atoms with Gasteiger partial charge >= 0.3 is 0 Å². The third-order valence-corrected chi connectivity index (χ3v) is 3.81. The van der Waals surface area contributed by atoms with Crippen LogP contribution in [0.4, 0.5) is 4.39 Å². The van der Waals surface area contributed by atoms with Crippen molar-refractivity contribution >= 4 is 29.1 Å². The maximum Gasteiger partial charge on any atom is 0.223 e. The molecule has 0 saturated carbocycles. The van der Waals surface area contributed by atoms with Crippen molar-refractivity contribution in [2.45, 2.75) is 20.0 Å². The first-order chi connectivity index (χ1) is 9.97. The minimum absolute atomic E-state index is 0.0177. The van der Waals surface area contributed by atoms with E-state index in [2.05, 4.69) is 33.9 Å². The van der Waals surface area contributed by atoms with Gasteiger partial charge < -0.3 is 0 Å². The topological polar surface area (TPSA) is 53.7 Å².